The van der Waals surface area contributed by atoms with E-state index in [4.69, 9.17) is 5.73 Å². The molecule has 1 saturated heterocycles. The monoisotopic (exact) mass is 234 g/mol. The summed E-state index contributed by atoms with van der Waals surface area (Å²) in [5.74, 6) is 0.605. The van der Waals surface area contributed by atoms with E-state index in [9.17, 15) is 0 Å². The Bertz CT molecular complexity index is 366. The normalized spacial score (nSPS) is 21.2. The van der Waals surface area contributed by atoms with E-state index in [1.54, 1.807) is 0 Å². The highest BCUT2D eigenvalue weighted by molar-refractivity contribution is 5.28. The van der Waals surface area contributed by atoms with Crippen LogP contribution in [-0.4, -0.2) is 48.0 Å². The summed E-state index contributed by atoms with van der Waals surface area (Å²) in [5, 5.41) is 0. The lowest BCUT2D eigenvalue weighted by Crippen LogP contribution is -2.36. The molecule has 17 heavy (non-hydrogen) atoms. The second-order valence-corrected chi connectivity index (χ2v) is 5.03. The summed E-state index contributed by atoms with van der Waals surface area (Å²) >= 11 is 0. The van der Waals surface area contributed by atoms with Crippen molar-refractivity contribution in [1.29, 1.82) is 0 Å². The van der Waals surface area contributed by atoms with Gasteiger partial charge < -0.3 is 10.6 Å². The Balaban J connectivity index is 1.86. The molecule has 1 unspecified atom stereocenters. The first-order valence-electron chi connectivity index (χ1n) is 6.25. The molecule has 0 radical (unpaired) electrons. The summed E-state index contributed by atoms with van der Waals surface area (Å²) < 4.78 is 0. The van der Waals surface area contributed by atoms with E-state index in [1.807, 2.05) is 18.2 Å². The van der Waals surface area contributed by atoms with Crippen LogP contribution in [0.5, 0.6) is 0 Å². The number of pyridine rings is 1. The largest absolute Gasteiger partial charge is 0.384 e. The van der Waals surface area contributed by atoms with Crippen LogP contribution in [0, 0.1) is 0 Å². The van der Waals surface area contributed by atoms with Gasteiger partial charge in [0.25, 0.3) is 0 Å². The Hall–Kier alpha value is -1.13. The molecule has 1 fully saturated rings. The minimum atomic E-state index is 0.605. The summed E-state index contributed by atoms with van der Waals surface area (Å²) in [6, 6.07) is 6.52. The van der Waals surface area contributed by atoms with E-state index in [1.165, 1.54) is 19.4 Å². The molecule has 4 nitrogen and oxygen atoms in total. The molecule has 1 aliphatic rings. The van der Waals surface area contributed by atoms with Gasteiger partial charge in [0.15, 0.2) is 0 Å². The summed E-state index contributed by atoms with van der Waals surface area (Å²) in [6.45, 7) is 3.21. The smallest absolute Gasteiger partial charge is 0.123 e. The van der Waals surface area contributed by atoms with Gasteiger partial charge >= 0.3 is 0 Å². The maximum atomic E-state index is 5.68. The van der Waals surface area contributed by atoms with Crippen LogP contribution in [0.15, 0.2) is 18.2 Å². The van der Waals surface area contributed by atoms with E-state index in [0.717, 1.165) is 18.8 Å². The molecule has 0 aromatic carbocycles. The van der Waals surface area contributed by atoms with Crippen molar-refractivity contribution in [2.24, 2.45) is 0 Å². The topological polar surface area (TPSA) is 45.4 Å². The van der Waals surface area contributed by atoms with Crippen molar-refractivity contribution in [2.45, 2.75) is 25.4 Å². The number of nitrogens with two attached hydrogens (primary N) is 1. The number of rotatable bonds is 4. The fourth-order valence-electron chi connectivity index (χ4n) is 2.50. The van der Waals surface area contributed by atoms with Crippen LogP contribution >= 0.6 is 0 Å². The van der Waals surface area contributed by atoms with Gasteiger partial charge in [-0.1, -0.05) is 6.07 Å². The standard InChI is InChI=1S/C13H22N4/c1-16(10-12-6-4-8-17(12)2)9-11-5-3-7-13(14)15-11/h3,5,7,12H,4,6,8-10H2,1-2H3,(H2,14,15). The van der Waals surface area contributed by atoms with Gasteiger partial charge in [0.05, 0.1) is 5.69 Å². The predicted molar refractivity (Wildman–Crippen MR) is 70.6 cm³/mol. The quantitative estimate of drug-likeness (QED) is 0.850. The number of nitrogen functional groups attached to an aromatic ring is 1. The van der Waals surface area contributed by atoms with Crippen LogP contribution in [0.4, 0.5) is 5.82 Å². The lowest BCUT2D eigenvalue weighted by atomic mass is 10.2. The molecule has 0 bridgehead atoms. The Morgan fingerprint density at radius 3 is 3.00 bits per heavy atom. The molecule has 1 aliphatic heterocycles. The van der Waals surface area contributed by atoms with Crippen molar-refractivity contribution in [2.75, 3.05) is 32.9 Å². The Morgan fingerprint density at radius 2 is 2.35 bits per heavy atom. The van der Waals surface area contributed by atoms with Crippen LogP contribution in [0.3, 0.4) is 0 Å². The van der Waals surface area contributed by atoms with Gasteiger partial charge in [-0.25, -0.2) is 4.98 Å². The van der Waals surface area contributed by atoms with Crippen LogP contribution in [0.1, 0.15) is 18.5 Å². The summed E-state index contributed by atoms with van der Waals surface area (Å²) in [5.41, 5.74) is 6.73. The highest BCUT2D eigenvalue weighted by atomic mass is 15.2. The molecule has 2 heterocycles. The van der Waals surface area contributed by atoms with Crippen LogP contribution in [-0.2, 0) is 6.54 Å². The van der Waals surface area contributed by atoms with Gasteiger partial charge in [0.1, 0.15) is 5.82 Å². The number of likely N-dealkylation sites (N-methyl/N-ethyl adjacent to an activating group) is 2. The molecular formula is C13H22N4. The zero-order valence-electron chi connectivity index (χ0n) is 10.8. The zero-order valence-corrected chi connectivity index (χ0v) is 10.8. The lowest BCUT2D eigenvalue weighted by Gasteiger charge is -2.25. The van der Waals surface area contributed by atoms with Crippen LogP contribution in [0.2, 0.25) is 0 Å². The third-order valence-electron chi connectivity index (χ3n) is 3.45. The number of hydrogen-bond donors (Lipinski definition) is 1. The Morgan fingerprint density at radius 1 is 1.53 bits per heavy atom. The number of nitrogens with zero attached hydrogens (tertiary/aromatic N) is 3. The molecule has 0 spiro atoms. The number of likely N-dealkylation sites (tertiary alicyclic amines) is 1. The molecule has 4 heteroatoms. The van der Waals surface area contributed by atoms with Crippen molar-refractivity contribution in [3.8, 4) is 0 Å². The van der Waals surface area contributed by atoms with Crippen molar-refractivity contribution < 1.29 is 0 Å². The molecule has 2 N–H and O–H groups in total. The van der Waals surface area contributed by atoms with E-state index < -0.39 is 0 Å². The molecular weight excluding hydrogens is 212 g/mol. The lowest BCUT2D eigenvalue weighted by molar-refractivity contribution is 0.214. The number of aromatic nitrogens is 1. The minimum Gasteiger partial charge on any atom is -0.384 e. The number of hydrogen-bond acceptors (Lipinski definition) is 4. The average Bonchev–Trinajstić information content (AvgIpc) is 2.64. The molecule has 0 aliphatic carbocycles. The van der Waals surface area contributed by atoms with Gasteiger partial charge in [-0.3, -0.25) is 4.90 Å². The number of anilines is 1. The van der Waals surface area contributed by atoms with Gasteiger partial charge in [-0.2, -0.15) is 0 Å². The molecule has 1 aromatic heterocycles. The Kier molecular flexibility index (Phi) is 3.97. The highest BCUT2D eigenvalue weighted by Gasteiger charge is 2.21. The van der Waals surface area contributed by atoms with E-state index in [0.29, 0.717) is 11.9 Å². The molecule has 2 rings (SSSR count). The van der Waals surface area contributed by atoms with Crippen molar-refractivity contribution in [3.63, 3.8) is 0 Å². The van der Waals surface area contributed by atoms with E-state index >= 15 is 0 Å². The van der Waals surface area contributed by atoms with Crippen molar-refractivity contribution >= 4 is 5.82 Å². The highest BCUT2D eigenvalue weighted by Crippen LogP contribution is 2.16. The summed E-state index contributed by atoms with van der Waals surface area (Å²) in [4.78, 5) is 9.10. The van der Waals surface area contributed by atoms with Crippen molar-refractivity contribution in [3.05, 3.63) is 23.9 Å². The molecule has 1 aromatic rings. The van der Waals surface area contributed by atoms with Gasteiger partial charge in [-0.05, 0) is 45.6 Å². The molecule has 0 amide bonds. The maximum Gasteiger partial charge on any atom is 0.123 e. The second kappa shape index (κ2) is 5.47. The summed E-state index contributed by atoms with van der Waals surface area (Å²) in [6.07, 6.45) is 2.64. The SMILES string of the molecule is CN(Cc1cccc(N)n1)CC1CCCN1C. The minimum absolute atomic E-state index is 0.605. The Labute approximate surface area is 103 Å². The second-order valence-electron chi connectivity index (χ2n) is 5.03. The molecule has 94 valence electrons. The van der Waals surface area contributed by atoms with Crippen molar-refractivity contribution in [1.82, 2.24) is 14.8 Å². The molecule has 0 saturated carbocycles. The zero-order chi connectivity index (χ0) is 12.3. The average molecular weight is 234 g/mol. The third-order valence-corrected chi connectivity index (χ3v) is 3.45. The van der Waals surface area contributed by atoms with Crippen LogP contribution < -0.4 is 5.73 Å². The molecule has 1 atom stereocenters. The van der Waals surface area contributed by atoms with Gasteiger partial charge in [-0.15, -0.1) is 0 Å². The summed E-state index contributed by atoms with van der Waals surface area (Å²) in [7, 11) is 4.36. The first-order chi connectivity index (χ1) is 8.15. The van der Waals surface area contributed by atoms with Gasteiger partial charge in [0, 0.05) is 19.1 Å². The first kappa shape index (κ1) is 12.3. The third kappa shape index (κ3) is 3.41. The van der Waals surface area contributed by atoms with E-state index in [-0.39, 0.29) is 0 Å². The fourth-order valence-corrected chi connectivity index (χ4v) is 2.50. The first-order valence-corrected chi connectivity index (χ1v) is 6.25. The van der Waals surface area contributed by atoms with Crippen LogP contribution in [0.25, 0.3) is 0 Å². The maximum absolute atomic E-state index is 5.68. The predicted octanol–water partition coefficient (Wildman–Crippen LogP) is 1.19. The van der Waals surface area contributed by atoms with Gasteiger partial charge in [0.2, 0.25) is 0 Å². The van der Waals surface area contributed by atoms with E-state index in [2.05, 4.69) is 28.9 Å². The fraction of sp³-hybridized carbons (Fsp3) is 0.615.